The molecule has 0 heterocycles. The fourth-order valence-corrected chi connectivity index (χ4v) is 2.70. The third kappa shape index (κ3) is 5.01. The summed E-state index contributed by atoms with van der Waals surface area (Å²) in [5, 5.41) is 3.61. The zero-order chi connectivity index (χ0) is 11.3. The van der Waals surface area contributed by atoms with Crippen LogP contribution in [-0.4, -0.2) is 12.6 Å². The standard InChI is InChI=1S/C14H29N/c1-11(2)8-9-13-6-5-7-14(13)10-15-12(3)4/h11-15H,5-10H2,1-4H3. The lowest BCUT2D eigenvalue weighted by atomic mass is 9.89. The van der Waals surface area contributed by atoms with Crippen LogP contribution >= 0.6 is 0 Å². The maximum atomic E-state index is 3.61. The lowest BCUT2D eigenvalue weighted by Crippen LogP contribution is -2.30. The van der Waals surface area contributed by atoms with E-state index in [-0.39, 0.29) is 0 Å². The Morgan fingerprint density at radius 2 is 1.73 bits per heavy atom. The molecule has 1 nitrogen and oxygen atoms in total. The molecular weight excluding hydrogens is 182 g/mol. The second kappa shape index (κ2) is 6.52. The second-order valence-corrected chi connectivity index (χ2v) is 5.99. The number of rotatable bonds is 6. The summed E-state index contributed by atoms with van der Waals surface area (Å²) in [7, 11) is 0. The first kappa shape index (κ1) is 13.0. The van der Waals surface area contributed by atoms with Gasteiger partial charge in [-0.25, -0.2) is 0 Å². The van der Waals surface area contributed by atoms with Gasteiger partial charge in [-0.1, -0.05) is 47.0 Å². The summed E-state index contributed by atoms with van der Waals surface area (Å²) in [5.41, 5.74) is 0. The topological polar surface area (TPSA) is 12.0 Å². The van der Waals surface area contributed by atoms with Crippen molar-refractivity contribution in [2.75, 3.05) is 6.54 Å². The van der Waals surface area contributed by atoms with Gasteiger partial charge in [-0.2, -0.15) is 0 Å². The minimum atomic E-state index is 0.649. The van der Waals surface area contributed by atoms with Gasteiger partial charge < -0.3 is 5.32 Å². The Hall–Kier alpha value is -0.0400. The Morgan fingerprint density at radius 3 is 2.33 bits per heavy atom. The lowest BCUT2D eigenvalue weighted by Gasteiger charge is -2.22. The third-order valence-corrected chi connectivity index (χ3v) is 3.72. The SMILES string of the molecule is CC(C)CCC1CCCC1CNC(C)C. The predicted octanol–water partition coefficient (Wildman–Crippen LogP) is 3.84. The Labute approximate surface area is 96.0 Å². The summed E-state index contributed by atoms with van der Waals surface area (Å²) in [5.74, 6) is 2.86. The molecule has 0 spiro atoms. The van der Waals surface area contributed by atoms with E-state index < -0.39 is 0 Å². The van der Waals surface area contributed by atoms with Crippen LogP contribution in [0.15, 0.2) is 0 Å². The van der Waals surface area contributed by atoms with Crippen molar-refractivity contribution < 1.29 is 0 Å². The largest absolute Gasteiger partial charge is 0.314 e. The van der Waals surface area contributed by atoms with E-state index >= 15 is 0 Å². The van der Waals surface area contributed by atoms with Gasteiger partial charge in [-0.05, 0) is 37.1 Å². The van der Waals surface area contributed by atoms with Crippen molar-refractivity contribution in [2.45, 2.75) is 65.8 Å². The van der Waals surface area contributed by atoms with Gasteiger partial charge in [0.1, 0.15) is 0 Å². The van der Waals surface area contributed by atoms with Crippen LogP contribution in [0, 0.1) is 17.8 Å². The van der Waals surface area contributed by atoms with Crippen LogP contribution in [0.4, 0.5) is 0 Å². The number of nitrogens with one attached hydrogen (secondary N) is 1. The summed E-state index contributed by atoms with van der Waals surface area (Å²) in [6.45, 7) is 10.4. The van der Waals surface area contributed by atoms with Crippen molar-refractivity contribution in [2.24, 2.45) is 17.8 Å². The lowest BCUT2D eigenvalue weighted by molar-refractivity contribution is 0.318. The molecular formula is C14H29N. The van der Waals surface area contributed by atoms with E-state index in [1.54, 1.807) is 0 Å². The van der Waals surface area contributed by atoms with E-state index in [9.17, 15) is 0 Å². The normalized spacial score (nSPS) is 26.8. The van der Waals surface area contributed by atoms with E-state index in [1.165, 1.54) is 38.6 Å². The van der Waals surface area contributed by atoms with Crippen LogP contribution in [0.3, 0.4) is 0 Å². The van der Waals surface area contributed by atoms with E-state index in [4.69, 9.17) is 0 Å². The Kier molecular flexibility index (Phi) is 5.66. The van der Waals surface area contributed by atoms with Crippen LogP contribution in [0.2, 0.25) is 0 Å². The average Bonchev–Trinajstić information content (AvgIpc) is 2.58. The molecule has 1 aliphatic rings. The maximum absolute atomic E-state index is 3.61. The number of hydrogen-bond donors (Lipinski definition) is 1. The van der Waals surface area contributed by atoms with Crippen molar-refractivity contribution in [3.8, 4) is 0 Å². The molecule has 0 aromatic heterocycles. The summed E-state index contributed by atoms with van der Waals surface area (Å²) in [4.78, 5) is 0. The molecule has 1 heteroatoms. The molecule has 90 valence electrons. The zero-order valence-corrected chi connectivity index (χ0v) is 11.1. The Bertz CT molecular complexity index is 145. The van der Waals surface area contributed by atoms with Crippen LogP contribution in [0.1, 0.15) is 59.8 Å². The molecule has 0 saturated heterocycles. The van der Waals surface area contributed by atoms with Gasteiger partial charge >= 0.3 is 0 Å². The molecule has 1 N–H and O–H groups in total. The van der Waals surface area contributed by atoms with Gasteiger partial charge in [0.05, 0.1) is 0 Å². The molecule has 1 rings (SSSR count). The van der Waals surface area contributed by atoms with Gasteiger partial charge in [0.2, 0.25) is 0 Å². The summed E-state index contributed by atoms with van der Waals surface area (Å²) in [6.07, 6.45) is 7.29. The first-order valence-electron chi connectivity index (χ1n) is 6.83. The van der Waals surface area contributed by atoms with E-state index in [1.807, 2.05) is 0 Å². The summed E-state index contributed by atoms with van der Waals surface area (Å²) < 4.78 is 0. The van der Waals surface area contributed by atoms with Gasteiger partial charge in [0.25, 0.3) is 0 Å². The first-order valence-corrected chi connectivity index (χ1v) is 6.83. The van der Waals surface area contributed by atoms with Gasteiger partial charge in [0.15, 0.2) is 0 Å². The molecule has 15 heavy (non-hydrogen) atoms. The molecule has 1 fully saturated rings. The van der Waals surface area contributed by atoms with Crippen LogP contribution < -0.4 is 5.32 Å². The smallest absolute Gasteiger partial charge is 0.00104 e. The molecule has 0 radical (unpaired) electrons. The minimum absolute atomic E-state index is 0.649. The highest BCUT2D eigenvalue weighted by molar-refractivity contribution is 4.79. The Morgan fingerprint density at radius 1 is 1.07 bits per heavy atom. The molecule has 0 aromatic carbocycles. The molecule has 2 unspecified atom stereocenters. The molecule has 0 bridgehead atoms. The monoisotopic (exact) mass is 211 g/mol. The fraction of sp³-hybridized carbons (Fsp3) is 1.00. The minimum Gasteiger partial charge on any atom is -0.314 e. The highest BCUT2D eigenvalue weighted by Crippen LogP contribution is 2.35. The van der Waals surface area contributed by atoms with E-state index in [0.717, 1.165) is 17.8 Å². The van der Waals surface area contributed by atoms with Gasteiger partial charge in [0, 0.05) is 6.04 Å². The quantitative estimate of drug-likeness (QED) is 0.704. The molecule has 1 aliphatic carbocycles. The fourth-order valence-electron chi connectivity index (χ4n) is 2.70. The van der Waals surface area contributed by atoms with Crippen LogP contribution in [0.5, 0.6) is 0 Å². The van der Waals surface area contributed by atoms with E-state index in [2.05, 4.69) is 33.0 Å². The van der Waals surface area contributed by atoms with Crippen molar-refractivity contribution in [1.82, 2.24) is 5.32 Å². The van der Waals surface area contributed by atoms with E-state index in [0.29, 0.717) is 6.04 Å². The second-order valence-electron chi connectivity index (χ2n) is 5.99. The molecule has 0 aromatic rings. The van der Waals surface area contributed by atoms with Crippen molar-refractivity contribution >= 4 is 0 Å². The first-order chi connectivity index (χ1) is 7.09. The maximum Gasteiger partial charge on any atom is 0.00104 e. The van der Waals surface area contributed by atoms with Crippen molar-refractivity contribution in [3.05, 3.63) is 0 Å². The van der Waals surface area contributed by atoms with Gasteiger partial charge in [-0.3, -0.25) is 0 Å². The molecule has 2 atom stereocenters. The van der Waals surface area contributed by atoms with Crippen molar-refractivity contribution in [1.29, 1.82) is 0 Å². The zero-order valence-electron chi connectivity index (χ0n) is 11.1. The highest BCUT2D eigenvalue weighted by Gasteiger charge is 2.26. The third-order valence-electron chi connectivity index (χ3n) is 3.72. The van der Waals surface area contributed by atoms with Crippen molar-refractivity contribution in [3.63, 3.8) is 0 Å². The molecule has 0 amide bonds. The van der Waals surface area contributed by atoms with Crippen LogP contribution in [-0.2, 0) is 0 Å². The van der Waals surface area contributed by atoms with Crippen LogP contribution in [0.25, 0.3) is 0 Å². The molecule has 1 saturated carbocycles. The number of hydrogen-bond acceptors (Lipinski definition) is 1. The summed E-state index contributed by atoms with van der Waals surface area (Å²) >= 11 is 0. The average molecular weight is 211 g/mol. The highest BCUT2D eigenvalue weighted by atomic mass is 14.9. The predicted molar refractivity (Wildman–Crippen MR) is 68.0 cm³/mol. The summed E-state index contributed by atoms with van der Waals surface area (Å²) in [6, 6.07) is 0.649. The molecule has 0 aliphatic heterocycles. The van der Waals surface area contributed by atoms with Gasteiger partial charge in [-0.15, -0.1) is 0 Å². The Balaban J connectivity index is 2.23.